The van der Waals surface area contributed by atoms with Crippen molar-refractivity contribution in [1.82, 2.24) is 9.97 Å². The summed E-state index contributed by atoms with van der Waals surface area (Å²) in [5, 5.41) is 8.57. The molecule has 0 bridgehead atoms. The molecule has 0 fully saturated rings. The molecule has 74 valence electrons. The minimum atomic E-state index is -0.776. The molecule has 0 aliphatic rings. The molecule has 0 aromatic carbocycles. The molecule has 2 aromatic heterocycles. The van der Waals surface area contributed by atoms with E-state index in [4.69, 9.17) is 9.68 Å². The van der Waals surface area contributed by atoms with E-state index in [0.29, 0.717) is 4.67 Å². The lowest BCUT2D eigenvalue weighted by Crippen LogP contribution is -1.95. The van der Waals surface area contributed by atoms with Gasteiger partial charge < -0.3 is 4.42 Å². The van der Waals surface area contributed by atoms with Crippen LogP contribution in [0.15, 0.2) is 27.5 Å². The fourth-order valence-electron chi connectivity index (χ4n) is 1.06. The normalized spacial score (nSPS) is 9.93. The first kappa shape index (κ1) is 9.80. The average Bonchev–Trinajstić information content (AvgIpc) is 2.65. The van der Waals surface area contributed by atoms with Gasteiger partial charge in [0.15, 0.2) is 21.9 Å². The SMILES string of the molecule is N#Cc1ncnc(-c2ccc(Br)o2)c1F. The Bertz CT molecular complexity index is 547. The van der Waals surface area contributed by atoms with Gasteiger partial charge >= 0.3 is 0 Å². The van der Waals surface area contributed by atoms with Crippen molar-refractivity contribution in [2.45, 2.75) is 0 Å². The highest BCUT2D eigenvalue weighted by atomic mass is 79.9. The number of furan rings is 1. The van der Waals surface area contributed by atoms with Crippen LogP contribution in [0.4, 0.5) is 4.39 Å². The summed E-state index contributed by atoms with van der Waals surface area (Å²) in [6.45, 7) is 0. The molecule has 0 saturated heterocycles. The highest BCUT2D eigenvalue weighted by molar-refractivity contribution is 9.10. The zero-order valence-corrected chi connectivity index (χ0v) is 8.82. The summed E-state index contributed by atoms with van der Waals surface area (Å²) in [5.41, 5.74) is -0.320. The van der Waals surface area contributed by atoms with Gasteiger partial charge in [0.1, 0.15) is 18.1 Å². The molecule has 0 unspecified atom stereocenters. The Morgan fingerprint density at radius 1 is 1.40 bits per heavy atom. The first-order valence-electron chi connectivity index (χ1n) is 3.88. The topological polar surface area (TPSA) is 62.7 Å². The Morgan fingerprint density at radius 2 is 2.20 bits per heavy atom. The minimum Gasteiger partial charge on any atom is -0.448 e. The summed E-state index contributed by atoms with van der Waals surface area (Å²) in [7, 11) is 0. The molecule has 2 heterocycles. The predicted molar refractivity (Wildman–Crippen MR) is 52.1 cm³/mol. The van der Waals surface area contributed by atoms with Crippen molar-refractivity contribution in [2.75, 3.05) is 0 Å². The van der Waals surface area contributed by atoms with Crippen molar-refractivity contribution in [2.24, 2.45) is 0 Å². The van der Waals surface area contributed by atoms with Crippen LogP contribution in [0.1, 0.15) is 5.69 Å². The summed E-state index contributed by atoms with van der Waals surface area (Å²) >= 11 is 3.09. The first-order valence-corrected chi connectivity index (χ1v) is 4.68. The van der Waals surface area contributed by atoms with Crippen LogP contribution in [0, 0.1) is 17.1 Å². The molecule has 0 aliphatic heterocycles. The average molecular weight is 268 g/mol. The monoisotopic (exact) mass is 267 g/mol. The fourth-order valence-corrected chi connectivity index (χ4v) is 1.37. The Balaban J connectivity index is 2.59. The highest BCUT2D eigenvalue weighted by Gasteiger charge is 2.15. The van der Waals surface area contributed by atoms with E-state index < -0.39 is 5.82 Å². The van der Waals surface area contributed by atoms with Gasteiger partial charge in [0, 0.05) is 0 Å². The molecule has 2 rings (SSSR count). The van der Waals surface area contributed by atoms with Crippen LogP contribution in [0.25, 0.3) is 11.5 Å². The van der Waals surface area contributed by atoms with Gasteiger partial charge in [-0.05, 0) is 28.1 Å². The predicted octanol–water partition coefficient (Wildman–Crippen LogP) is 2.51. The standard InChI is InChI=1S/C9H3BrFN3O/c10-7-2-1-6(15-7)9-8(11)5(3-12)13-4-14-9/h1-2,4H. The van der Waals surface area contributed by atoms with Gasteiger partial charge in [0.25, 0.3) is 0 Å². The van der Waals surface area contributed by atoms with Crippen molar-refractivity contribution in [3.63, 3.8) is 0 Å². The lowest BCUT2D eigenvalue weighted by molar-refractivity contribution is 0.541. The number of aromatic nitrogens is 2. The Hall–Kier alpha value is -1.74. The highest BCUT2D eigenvalue weighted by Crippen LogP contribution is 2.25. The van der Waals surface area contributed by atoms with Crippen LogP contribution < -0.4 is 0 Å². The third-order valence-electron chi connectivity index (χ3n) is 1.70. The quantitative estimate of drug-likeness (QED) is 0.797. The van der Waals surface area contributed by atoms with Gasteiger partial charge in [0.2, 0.25) is 0 Å². The molecule has 0 saturated carbocycles. The Kier molecular flexibility index (Phi) is 2.47. The molecule has 0 spiro atoms. The van der Waals surface area contributed by atoms with Crippen LogP contribution >= 0.6 is 15.9 Å². The lowest BCUT2D eigenvalue weighted by atomic mass is 10.2. The maximum Gasteiger partial charge on any atom is 0.189 e. The molecule has 15 heavy (non-hydrogen) atoms. The Labute approximate surface area is 92.5 Å². The van der Waals surface area contributed by atoms with Crippen molar-refractivity contribution in [3.05, 3.63) is 34.6 Å². The van der Waals surface area contributed by atoms with E-state index in [1.807, 2.05) is 0 Å². The smallest absolute Gasteiger partial charge is 0.189 e. The largest absolute Gasteiger partial charge is 0.448 e. The van der Waals surface area contributed by atoms with Gasteiger partial charge in [-0.15, -0.1) is 0 Å². The number of nitrogens with zero attached hydrogens (tertiary/aromatic N) is 3. The summed E-state index contributed by atoms with van der Waals surface area (Å²) in [6.07, 6.45) is 1.12. The van der Waals surface area contributed by atoms with E-state index in [1.165, 1.54) is 0 Å². The summed E-state index contributed by atoms with van der Waals surface area (Å²) in [6, 6.07) is 4.80. The zero-order valence-electron chi connectivity index (χ0n) is 7.24. The lowest BCUT2D eigenvalue weighted by Gasteiger charge is -1.97. The van der Waals surface area contributed by atoms with Crippen molar-refractivity contribution >= 4 is 15.9 Å². The molecule has 6 heteroatoms. The van der Waals surface area contributed by atoms with Crippen molar-refractivity contribution in [3.8, 4) is 17.5 Å². The summed E-state index contributed by atoms with van der Waals surface area (Å²) in [5.74, 6) is -0.528. The maximum atomic E-state index is 13.5. The van der Waals surface area contributed by atoms with Gasteiger partial charge in [-0.1, -0.05) is 0 Å². The number of nitriles is 1. The molecule has 0 aliphatic carbocycles. The molecule has 2 aromatic rings. The van der Waals surface area contributed by atoms with Gasteiger partial charge in [-0.2, -0.15) is 5.26 Å². The summed E-state index contributed by atoms with van der Waals surface area (Å²) < 4.78 is 19.1. The number of hydrogen-bond acceptors (Lipinski definition) is 4. The van der Waals surface area contributed by atoms with E-state index >= 15 is 0 Å². The second-order valence-corrected chi connectivity index (χ2v) is 3.38. The number of halogens is 2. The van der Waals surface area contributed by atoms with Crippen molar-refractivity contribution in [1.29, 1.82) is 5.26 Å². The molecule has 4 nitrogen and oxygen atoms in total. The molecule has 0 N–H and O–H groups in total. The Morgan fingerprint density at radius 3 is 2.80 bits per heavy atom. The molecular formula is C9H3BrFN3O. The van der Waals surface area contributed by atoms with E-state index in [1.54, 1.807) is 18.2 Å². The first-order chi connectivity index (χ1) is 7.22. The fraction of sp³-hybridized carbons (Fsp3) is 0. The number of hydrogen-bond donors (Lipinski definition) is 0. The molecule has 0 atom stereocenters. The van der Waals surface area contributed by atoms with E-state index in [9.17, 15) is 4.39 Å². The number of rotatable bonds is 1. The van der Waals surface area contributed by atoms with Gasteiger partial charge in [-0.25, -0.2) is 14.4 Å². The van der Waals surface area contributed by atoms with E-state index in [-0.39, 0.29) is 17.1 Å². The molecular weight excluding hydrogens is 265 g/mol. The zero-order chi connectivity index (χ0) is 10.8. The van der Waals surface area contributed by atoms with Crippen LogP contribution in [-0.4, -0.2) is 9.97 Å². The minimum absolute atomic E-state index is 0.0211. The second-order valence-electron chi connectivity index (χ2n) is 2.60. The van der Waals surface area contributed by atoms with Crippen LogP contribution in [0.3, 0.4) is 0 Å². The second kappa shape index (κ2) is 3.79. The van der Waals surface area contributed by atoms with Gasteiger partial charge in [0.05, 0.1) is 0 Å². The van der Waals surface area contributed by atoms with Crippen LogP contribution in [0.2, 0.25) is 0 Å². The van der Waals surface area contributed by atoms with Crippen LogP contribution in [0.5, 0.6) is 0 Å². The summed E-state index contributed by atoms with van der Waals surface area (Å²) in [4.78, 5) is 7.21. The maximum absolute atomic E-state index is 13.5. The third kappa shape index (κ3) is 1.74. The molecule has 0 radical (unpaired) electrons. The molecule has 0 amide bonds. The van der Waals surface area contributed by atoms with E-state index in [2.05, 4.69) is 25.9 Å². The van der Waals surface area contributed by atoms with E-state index in [0.717, 1.165) is 6.33 Å². The third-order valence-corrected chi connectivity index (χ3v) is 2.13. The van der Waals surface area contributed by atoms with Gasteiger partial charge in [-0.3, -0.25) is 0 Å². The van der Waals surface area contributed by atoms with Crippen LogP contribution in [-0.2, 0) is 0 Å². The van der Waals surface area contributed by atoms with Crippen molar-refractivity contribution < 1.29 is 8.81 Å².